The zero-order chi connectivity index (χ0) is 17.9. The molecule has 2 aliphatic carbocycles. The Labute approximate surface area is 155 Å². The van der Waals surface area contributed by atoms with Crippen molar-refractivity contribution in [3.63, 3.8) is 0 Å². The first-order chi connectivity index (χ1) is 12.7. The van der Waals surface area contributed by atoms with Gasteiger partial charge in [-0.3, -0.25) is 9.59 Å². The molecule has 0 aromatic heterocycles. The summed E-state index contributed by atoms with van der Waals surface area (Å²) in [6.45, 7) is 0.849. The number of carbonyl (C=O) groups excluding carboxylic acids is 2. The van der Waals surface area contributed by atoms with Gasteiger partial charge in [-0.1, -0.05) is 49.6 Å². The lowest BCUT2D eigenvalue weighted by atomic mass is 9.70. The summed E-state index contributed by atoms with van der Waals surface area (Å²) in [7, 11) is 0. The van der Waals surface area contributed by atoms with Crippen molar-refractivity contribution < 1.29 is 9.59 Å². The van der Waals surface area contributed by atoms with Crippen molar-refractivity contribution >= 4 is 17.5 Å². The minimum atomic E-state index is -0.260. The number of anilines is 1. The highest BCUT2D eigenvalue weighted by Crippen LogP contribution is 2.39. The number of amides is 2. The highest BCUT2D eigenvalue weighted by atomic mass is 16.2. The number of fused-ring (bicyclic) bond motifs is 1. The van der Waals surface area contributed by atoms with E-state index < -0.39 is 0 Å². The predicted molar refractivity (Wildman–Crippen MR) is 103 cm³/mol. The Bertz CT molecular complexity index is 679. The number of likely N-dealkylation sites (tertiary alicyclic amines) is 1. The first-order valence-corrected chi connectivity index (χ1v) is 10.1. The van der Waals surface area contributed by atoms with Gasteiger partial charge in [-0.2, -0.15) is 0 Å². The third-order valence-electron chi connectivity index (χ3n) is 6.33. The van der Waals surface area contributed by atoms with Gasteiger partial charge in [0, 0.05) is 18.3 Å². The van der Waals surface area contributed by atoms with Gasteiger partial charge in [0.15, 0.2) is 0 Å². The lowest BCUT2D eigenvalue weighted by Crippen LogP contribution is -2.54. The fourth-order valence-electron chi connectivity index (χ4n) is 4.97. The first kappa shape index (κ1) is 17.3. The third-order valence-corrected chi connectivity index (χ3v) is 6.33. The summed E-state index contributed by atoms with van der Waals surface area (Å²) in [5.41, 5.74) is 0.802. The molecule has 1 N–H and O–H groups in total. The number of rotatable bonds is 3. The summed E-state index contributed by atoms with van der Waals surface area (Å²) in [5, 5.41) is 3.02. The number of benzene rings is 1. The molecule has 0 unspecified atom stereocenters. The van der Waals surface area contributed by atoms with E-state index in [0.29, 0.717) is 12.5 Å². The van der Waals surface area contributed by atoms with Crippen molar-refractivity contribution in [3.05, 3.63) is 42.5 Å². The van der Waals surface area contributed by atoms with Crippen molar-refractivity contribution in [2.24, 2.45) is 17.8 Å². The van der Waals surface area contributed by atoms with Crippen molar-refractivity contribution in [3.8, 4) is 0 Å². The standard InChI is InChI=1S/C22H28N2O2/c25-21(23-17-9-3-1-4-10-17)19-13-7-8-16-14-15-24(22(26)20(16)19)18-11-5-2-6-12-18/h1,3-4,7-10,16,18-20H,2,5-6,11-15H2,(H,23,25)/t16-,19-,20+/m1/s1. The molecule has 1 aromatic rings. The molecule has 26 heavy (non-hydrogen) atoms. The van der Waals surface area contributed by atoms with Gasteiger partial charge in [-0.15, -0.1) is 0 Å². The minimum Gasteiger partial charge on any atom is -0.339 e. The second-order valence-electron chi connectivity index (χ2n) is 7.93. The van der Waals surface area contributed by atoms with Crippen LogP contribution >= 0.6 is 0 Å². The largest absolute Gasteiger partial charge is 0.339 e. The smallest absolute Gasteiger partial charge is 0.228 e. The predicted octanol–water partition coefficient (Wildman–Crippen LogP) is 4.00. The van der Waals surface area contributed by atoms with Crippen LogP contribution in [0.15, 0.2) is 42.5 Å². The monoisotopic (exact) mass is 352 g/mol. The summed E-state index contributed by atoms with van der Waals surface area (Å²) in [5.74, 6) is -0.0498. The molecule has 4 rings (SSSR count). The molecular formula is C22H28N2O2. The molecule has 1 heterocycles. The van der Waals surface area contributed by atoms with Crippen molar-refractivity contribution in [1.82, 2.24) is 4.90 Å². The Morgan fingerprint density at radius 3 is 2.58 bits per heavy atom. The van der Waals surface area contributed by atoms with Crippen LogP contribution in [0.4, 0.5) is 5.69 Å². The van der Waals surface area contributed by atoms with Gasteiger partial charge < -0.3 is 10.2 Å². The van der Waals surface area contributed by atoms with Gasteiger partial charge in [0.25, 0.3) is 0 Å². The number of piperidine rings is 1. The van der Waals surface area contributed by atoms with Gasteiger partial charge in [0.2, 0.25) is 11.8 Å². The Morgan fingerprint density at radius 2 is 1.81 bits per heavy atom. The van der Waals surface area contributed by atoms with Crippen LogP contribution in [-0.2, 0) is 9.59 Å². The number of hydrogen-bond donors (Lipinski definition) is 1. The number of allylic oxidation sites excluding steroid dienone is 2. The molecular weight excluding hydrogens is 324 g/mol. The van der Waals surface area contributed by atoms with E-state index in [1.165, 1.54) is 19.3 Å². The van der Waals surface area contributed by atoms with Gasteiger partial charge in [-0.25, -0.2) is 0 Å². The maximum Gasteiger partial charge on any atom is 0.228 e. The molecule has 4 nitrogen and oxygen atoms in total. The molecule has 0 radical (unpaired) electrons. The number of nitrogens with zero attached hydrogens (tertiary/aromatic N) is 1. The number of nitrogens with one attached hydrogen (secondary N) is 1. The molecule has 2 fully saturated rings. The number of hydrogen-bond acceptors (Lipinski definition) is 2. The van der Waals surface area contributed by atoms with Crippen LogP contribution in [0, 0.1) is 17.8 Å². The van der Waals surface area contributed by atoms with Crippen molar-refractivity contribution in [1.29, 1.82) is 0 Å². The molecule has 1 aromatic carbocycles. The van der Waals surface area contributed by atoms with Crippen LogP contribution in [-0.4, -0.2) is 29.3 Å². The summed E-state index contributed by atoms with van der Waals surface area (Å²) in [4.78, 5) is 28.4. The van der Waals surface area contributed by atoms with E-state index >= 15 is 0 Å². The van der Waals surface area contributed by atoms with E-state index in [1.807, 2.05) is 30.3 Å². The van der Waals surface area contributed by atoms with E-state index in [0.717, 1.165) is 31.5 Å². The average Bonchev–Trinajstić information content (AvgIpc) is 2.69. The maximum absolute atomic E-state index is 13.3. The fourth-order valence-corrected chi connectivity index (χ4v) is 4.97. The highest BCUT2D eigenvalue weighted by Gasteiger charge is 2.46. The molecule has 3 aliphatic rings. The van der Waals surface area contributed by atoms with Gasteiger partial charge >= 0.3 is 0 Å². The van der Waals surface area contributed by atoms with Crippen molar-refractivity contribution in [2.45, 2.75) is 51.0 Å². The summed E-state index contributed by atoms with van der Waals surface area (Å²) in [6, 6.07) is 9.93. The van der Waals surface area contributed by atoms with E-state index in [4.69, 9.17) is 0 Å². The Balaban J connectivity index is 1.51. The van der Waals surface area contributed by atoms with E-state index in [1.54, 1.807) is 0 Å². The SMILES string of the molecule is O=C(Nc1ccccc1)[C@@H]1CC=C[C@@H]2CCN(C3CCCCC3)C(=O)[C@@H]21. The van der Waals surface area contributed by atoms with Gasteiger partial charge in [-0.05, 0) is 43.7 Å². The zero-order valence-corrected chi connectivity index (χ0v) is 15.3. The fraction of sp³-hybridized carbons (Fsp3) is 0.545. The Morgan fingerprint density at radius 1 is 1.04 bits per heavy atom. The summed E-state index contributed by atoms with van der Waals surface area (Å²) >= 11 is 0. The molecule has 0 bridgehead atoms. The quantitative estimate of drug-likeness (QED) is 0.836. The molecule has 1 aliphatic heterocycles. The van der Waals surface area contributed by atoms with Crippen LogP contribution in [0.2, 0.25) is 0 Å². The number of carbonyl (C=O) groups is 2. The van der Waals surface area contributed by atoms with E-state index in [-0.39, 0.29) is 29.6 Å². The zero-order valence-electron chi connectivity index (χ0n) is 15.3. The molecule has 138 valence electrons. The Hall–Kier alpha value is -2.10. The normalized spacial score (nSPS) is 29.3. The van der Waals surface area contributed by atoms with Crippen LogP contribution in [0.5, 0.6) is 0 Å². The summed E-state index contributed by atoms with van der Waals surface area (Å²) < 4.78 is 0. The maximum atomic E-state index is 13.3. The van der Waals surface area contributed by atoms with E-state index in [9.17, 15) is 9.59 Å². The van der Waals surface area contributed by atoms with Crippen molar-refractivity contribution in [2.75, 3.05) is 11.9 Å². The molecule has 0 spiro atoms. The molecule has 4 heteroatoms. The summed E-state index contributed by atoms with van der Waals surface area (Å²) in [6.07, 6.45) is 11.9. The van der Waals surface area contributed by atoms with Crippen LogP contribution in [0.1, 0.15) is 44.9 Å². The molecule has 1 saturated heterocycles. The topological polar surface area (TPSA) is 49.4 Å². The lowest BCUT2D eigenvalue weighted by molar-refractivity contribution is -0.149. The van der Waals surface area contributed by atoms with Gasteiger partial charge in [0.1, 0.15) is 0 Å². The van der Waals surface area contributed by atoms with E-state index in [2.05, 4.69) is 22.4 Å². The number of para-hydroxylation sites is 1. The van der Waals surface area contributed by atoms with Crippen LogP contribution in [0.25, 0.3) is 0 Å². The average molecular weight is 352 g/mol. The molecule has 2 amide bonds. The highest BCUT2D eigenvalue weighted by molar-refractivity contribution is 5.96. The molecule has 3 atom stereocenters. The van der Waals surface area contributed by atoms with Crippen LogP contribution < -0.4 is 5.32 Å². The second-order valence-corrected chi connectivity index (χ2v) is 7.93. The van der Waals surface area contributed by atoms with Crippen LogP contribution in [0.3, 0.4) is 0 Å². The van der Waals surface area contributed by atoms with Gasteiger partial charge in [0.05, 0.1) is 11.8 Å². The first-order valence-electron chi connectivity index (χ1n) is 10.1. The second kappa shape index (κ2) is 7.65. The molecule has 1 saturated carbocycles. The Kier molecular flexibility index (Phi) is 5.09. The third kappa shape index (κ3) is 3.42. The lowest BCUT2D eigenvalue weighted by Gasteiger charge is -2.45. The minimum absolute atomic E-state index is 0.0191.